The van der Waals surface area contributed by atoms with Crippen molar-refractivity contribution < 1.29 is 24.5 Å². The fraction of sp³-hybridized carbons (Fsp3) is 0.625. The van der Waals surface area contributed by atoms with E-state index in [0.717, 1.165) is 5.82 Å². The second-order valence-electron chi connectivity index (χ2n) is 6.10. The van der Waals surface area contributed by atoms with E-state index in [1.165, 1.54) is 13.3 Å². The minimum atomic E-state index is -0.840. The molecule has 0 bridgehead atoms. The zero-order chi connectivity index (χ0) is 16.4. The summed E-state index contributed by atoms with van der Waals surface area (Å²) in [4.78, 5) is 17.8. The van der Waals surface area contributed by atoms with Crippen molar-refractivity contribution in [1.29, 1.82) is 0 Å². The third-order valence-corrected chi connectivity index (χ3v) is 4.81. The van der Waals surface area contributed by atoms with Gasteiger partial charge in [0.1, 0.15) is 11.9 Å². The fourth-order valence-electron chi connectivity index (χ4n) is 3.34. The Labute approximate surface area is 134 Å². The van der Waals surface area contributed by atoms with Crippen LogP contribution in [0.5, 0.6) is 0 Å². The van der Waals surface area contributed by atoms with Crippen LogP contribution in [0.15, 0.2) is 18.3 Å². The lowest BCUT2D eigenvalue weighted by molar-refractivity contribution is -0.205. The second-order valence-corrected chi connectivity index (χ2v) is 6.10. The SMILES string of the molecule is COC(=O)c1ccc(N2CCC3(CC2)OCC[C@H](O)[C@@H]3O)nc1. The maximum absolute atomic E-state index is 11.4. The van der Waals surface area contributed by atoms with E-state index in [1.54, 1.807) is 12.1 Å². The molecule has 2 atom stereocenters. The Bertz CT molecular complexity index is 554. The van der Waals surface area contributed by atoms with Gasteiger partial charge in [-0.25, -0.2) is 9.78 Å². The van der Waals surface area contributed by atoms with Crippen LogP contribution in [-0.2, 0) is 9.47 Å². The molecule has 3 heterocycles. The van der Waals surface area contributed by atoms with E-state index >= 15 is 0 Å². The number of anilines is 1. The van der Waals surface area contributed by atoms with E-state index in [0.29, 0.717) is 44.5 Å². The number of aromatic nitrogens is 1. The van der Waals surface area contributed by atoms with Gasteiger partial charge in [0.05, 0.1) is 31.0 Å². The molecule has 2 aliphatic heterocycles. The summed E-state index contributed by atoms with van der Waals surface area (Å²) >= 11 is 0. The first-order chi connectivity index (χ1) is 11.1. The van der Waals surface area contributed by atoms with E-state index in [9.17, 15) is 15.0 Å². The summed E-state index contributed by atoms with van der Waals surface area (Å²) in [5.41, 5.74) is -0.237. The summed E-state index contributed by atoms with van der Waals surface area (Å²) in [5.74, 6) is 0.368. The Hall–Kier alpha value is -1.70. The molecule has 0 saturated carbocycles. The maximum Gasteiger partial charge on any atom is 0.339 e. The van der Waals surface area contributed by atoms with E-state index in [-0.39, 0.29) is 0 Å². The number of rotatable bonds is 2. The van der Waals surface area contributed by atoms with Crippen LogP contribution in [0.1, 0.15) is 29.6 Å². The number of nitrogens with zero attached hydrogens (tertiary/aromatic N) is 2. The zero-order valence-electron chi connectivity index (χ0n) is 13.1. The highest BCUT2D eigenvalue weighted by atomic mass is 16.5. The Kier molecular flexibility index (Phi) is 4.52. The molecule has 7 nitrogen and oxygen atoms in total. The van der Waals surface area contributed by atoms with Gasteiger partial charge in [0.15, 0.2) is 0 Å². The largest absolute Gasteiger partial charge is 0.465 e. The number of aliphatic hydroxyl groups is 2. The number of carbonyl (C=O) groups excluding carboxylic acids is 1. The molecule has 2 aliphatic rings. The maximum atomic E-state index is 11.4. The summed E-state index contributed by atoms with van der Waals surface area (Å²) in [6.45, 7) is 1.83. The summed E-state index contributed by atoms with van der Waals surface area (Å²) in [5, 5.41) is 20.2. The van der Waals surface area contributed by atoms with Crippen LogP contribution in [0.25, 0.3) is 0 Å². The lowest BCUT2D eigenvalue weighted by atomic mass is 9.80. The molecule has 23 heavy (non-hydrogen) atoms. The third-order valence-electron chi connectivity index (χ3n) is 4.81. The second kappa shape index (κ2) is 6.43. The number of carbonyl (C=O) groups is 1. The van der Waals surface area contributed by atoms with E-state index in [4.69, 9.17) is 4.74 Å². The van der Waals surface area contributed by atoms with Crippen molar-refractivity contribution in [2.45, 2.75) is 37.1 Å². The lowest BCUT2D eigenvalue weighted by Crippen LogP contribution is -2.60. The number of methoxy groups -OCH3 is 1. The average Bonchev–Trinajstić information content (AvgIpc) is 2.60. The molecule has 3 rings (SSSR count). The zero-order valence-corrected chi connectivity index (χ0v) is 13.1. The summed E-state index contributed by atoms with van der Waals surface area (Å²) in [6, 6.07) is 3.48. The number of pyridine rings is 1. The van der Waals surface area contributed by atoms with Crippen molar-refractivity contribution in [3.8, 4) is 0 Å². The smallest absolute Gasteiger partial charge is 0.339 e. The van der Waals surface area contributed by atoms with Crippen molar-refractivity contribution in [2.75, 3.05) is 31.7 Å². The highest BCUT2D eigenvalue weighted by molar-refractivity contribution is 5.89. The quantitative estimate of drug-likeness (QED) is 0.759. The summed E-state index contributed by atoms with van der Waals surface area (Å²) < 4.78 is 10.5. The molecule has 1 spiro atoms. The number of piperidine rings is 1. The molecule has 1 aromatic heterocycles. The van der Waals surface area contributed by atoms with E-state index in [2.05, 4.69) is 14.6 Å². The van der Waals surface area contributed by atoms with Crippen LogP contribution in [0.4, 0.5) is 5.82 Å². The monoisotopic (exact) mass is 322 g/mol. The first-order valence-electron chi connectivity index (χ1n) is 7.85. The third kappa shape index (κ3) is 3.04. The Morgan fingerprint density at radius 1 is 1.39 bits per heavy atom. The minimum absolute atomic E-state index is 0.408. The molecule has 2 N–H and O–H groups in total. The van der Waals surface area contributed by atoms with Gasteiger partial charge in [0, 0.05) is 19.3 Å². The van der Waals surface area contributed by atoms with Crippen LogP contribution in [0.3, 0.4) is 0 Å². The fourth-order valence-corrected chi connectivity index (χ4v) is 3.34. The van der Waals surface area contributed by atoms with Crippen LogP contribution < -0.4 is 4.90 Å². The van der Waals surface area contributed by atoms with Crippen LogP contribution in [0, 0.1) is 0 Å². The molecular formula is C16H22N2O5. The number of ether oxygens (including phenoxy) is 2. The predicted octanol–water partition coefficient (Wildman–Crippen LogP) is 0.349. The molecule has 0 unspecified atom stereocenters. The molecule has 0 radical (unpaired) electrons. The Morgan fingerprint density at radius 2 is 2.13 bits per heavy atom. The van der Waals surface area contributed by atoms with E-state index in [1.807, 2.05) is 0 Å². The van der Waals surface area contributed by atoms with Gasteiger partial charge in [0.2, 0.25) is 0 Å². The predicted molar refractivity (Wildman–Crippen MR) is 82.3 cm³/mol. The lowest BCUT2D eigenvalue weighted by Gasteiger charge is -2.48. The molecule has 0 amide bonds. The van der Waals surface area contributed by atoms with Crippen molar-refractivity contribution in [1.82, 2.24) is 4.98 Å². The molecule has 0 aliphatic carbocycles. The Balaban J connectivity index is 1.66. The van der Waals surface area contributed by atoms with Crippen molar-refractivity contribution >= 4 is 11.8 Å². The molecule has 7 heteroatoms. The number of aliphatic hydroxyl groups excluding tert-OH is 2. The Morgan fingerprint density at radius 3 is 2.74 bits per heavy atom. The van der Waals surface area contributed by atoms with Crippen molar-refractivity contribution in [3.05, 3.63) is 23.9 Å². The van der Waals surface area contributed by atoms with Crippen LogP contribution in [0.2, 0.25) is 0 Å². The van der Waals surface area contributed by atoms with Gasteiger partial charge in [-0.05, 0) is 31.4 Å². The molecule has 1 aromatic rings. The molecule has 0 aromatic carbocycles. The average molecular weight is 322 g/mol. The highest BCUT2D eigenvalue weighted by Crippen LogP contribution is 2.36. The number of esters is 1. The van der Waals surface area contributed by atoms with Crippen LogP contribution in [-0.4, -0.2) is 65.8 Å². The minimum Gasteiger partial charge on any atom is -0.465 e. The van der Waals surface area contributed by atoms with E-state index < -0.39 is 23.8 Å². The van der Waals surface area contributed by atoms with Gasteiger partial charge < -0.3 is 24.6 Å². The first-order valence-corrected chi connectivity index (χ1v) is 7.85. The summed E-state index contributed by atoms with van der Waals surface area (Å²) in [7, 11) is 1.34. The topological polar surface area (TPSA) is 92.1 Å². The highest BCUT2D eigenvalue weighted by Gasteiger charge is 2.47. The first kappa shape index (κ1) is 16.2. The van der Waals surface area contributed by atoms with Gasteiger partial charge in [-0.15, -0.1) is 0 Å². The number of hydrogen-bond donors (Lipinski definition) is 2. The van der Waals surface area contributed by atoms with Gasteiger partial charge in [-0.1, -0.05) is 0 Å². The molecule has 2 saturated heterocycles. The number of hydrogen-bond acceptors (Lipinski definition) is 7. The van der Waals surface area contributed by atoms with Crippen LogP contribution >= 0.6 is 0 Å². The van der Waals surface area contributed by atoms with Gasteiger partial charge in [-0.2, -0.15) is 0 Å². The standard InChI is InChI=1S/C16H22N2O5/c1-22-15(21)11-2-3-13(17-10-11)18-7-5-16(6-8-18)14(20)12(19)4-9-23-16/h2-3,10,12,14,19-20H,4-9H2,1H3/t12-,14-/m0/s1. The normalized spacial score (nSPS) is 27.0. The van der Waals surface area contributed by atoms with Gasteiger partial charge >= 0.3 is 5.97 Å². The summed E-state index contributed by atoms with van der Waals surface area (Å²) in [6.07, 6.45) is 1.68. The molecule has 126 valence electrons. The van der Waals surface area contributed by atoms with Crippen molar-refractivity contribution in [2.24, 2.45) is 0 Å². The van der Waals surface area contributed by atoms with Gasteiger partial charge in [-0.3, -0.25) is 0 Å². The molecular weight excluding hydrogens is 300 g/mol. The van der Waals surface area contributed by atoms with Crippen molar-refractivity contribution in [3.63, 3.8) is 0 Å². The molecule has 2 fully saturated rings. The van der Waals surface area contributed by atoms with Gasteiger partial charge in [0.25, 0.3) is 0 Å².